The van der Waals surface area contributed by atoms with Crippen LogP contribution in [0.2, 0.25) is 0 Å². The van der Waals surface area contributed by atoms with Crippen molar-refractivity contribution >= 4 is 0 Å². The van der Waals surface area contributed by atoms with E-state index in [4.69, 9.17) is 4.74 Å². The van der Waals surface area contributed by atoms with Crippen molar-refractivity contribution in [2.75, 3.05) is 20.7 Å². The van der Waals surface area contributed by atoms with Crippen LogP contribution in [0.15, 0.2) is 12.1 Å². The van der Waals surface area contributed by atoms with Gasteiger partial charge in [-0.25, -0.2) is 4.39 Å². The van der Waals surface area contributed by atoms with Gasteiger partial charge in [-0.3, -0.25) is 0 Å². The summed E-state index contributed by atoms with van der Waals surface area (Å²) in [6.45, 7) is 1.74. The molecular weight excluding hydrogens is 181 g/mol. The van der Waals surface area contributed by atoms with Gasteiger partial charge in [0.05, 0.1) is 7.11 Å². The quantitative estimate of drug-likeness (QED) is 0.677. The summed E-state index contributed by atoms with van der Waals surface area (Å²) in [6, 6.07) is 3.65. The third-order valence-electron chi connectivity index (χ3n) is 2.71. The Morgan fingerprint density at radius 1 is 1.43 bits per heavy atom. The average molecular weight is 195 g/mol. The molecule has 0 amide bonds. The zero-order valence-electron chi connectivity index (χ0n) is 8.51. The van der Waals surface area contributed by atoms with Crippen LogP contribution >= 0.6 is 0 Å². The Hall–Kier alpha value is -1.09. The van der Waals surface area contributed by atoms with E-state index in [2.05, 4.69) is 4.90 Å². The lowest BCUT2D eigenvalue weighted by Gasteiger charge is -2.25. The maximum atomic E-state index is 13.7. The van der Waals surface area contributed by atoms with Crippen molar-refractivity contribution in [3.63, 3.8) is 0 Å². The first-order chi connectivity index (χ1) is 6.72. The second-order valence-electron chi connectivity index (χ2n) is 3.71. The van der Waals surface area contributed by atoms with E-state index in [1.54, 1.807) is 6.07 Å². The molecule has 2 rings (SSSR count). The molecule has 0 fully saturated rings. The Labute approximate surface area is 83.3 Å². The number of fused-ring (bicyclic) bond motifs is 1. The number of methoxy groups -OCH3 is 1. The van der Waals surface area contributed by atoms with Crippen LogP contribution in [0.25, 0.3) is 0 Å². The van der Waals surface area contributed by atoms with Gasteiger partial charge in [0.2, 0.25) is 0 Å². The summed E-state index contributed by atoms with van der Waals surface area (Å²) in [4.78, 5) is 2.19. The van der Waals surface area contributed by atoms with Gasteiger partial charge in [0.15, 0.2) is 11.6 Å². The molecule has 1 aliphatic heterocycles. The Balaban J connectivity index is 2.43. The van der Waals surface area contributed by atoms with E-state index in [1.807, 2.05) is 13.1 Å². The van der Waals surface area contributed by atoms with E-state index < -0.39 is 0 Å². The predicted octanol–water partition coefficient (Wildman–Crippen LogP) is 1.82. The first-order valence-electron chi connectivity index (χ1n) is 4.75. The van der Waals surface area contributed by atoms with E-state index in [0.717, 1.165) is 30.6 Å². The predicted molar refractivity (Wildman–Crippen MR) is 53.0 cm³/mol. The Morgan fingerprint density at radius 3 is 2.93 bits per heavy atom. The van der Waals surface area contributed by atoms with Gasteiger partial charge in [-0.05, 0) is 30.7 Å². The molecule has 1 aliphatic rings. The molecular formula is C11H14FNO. The van der Waals surface area contributed by atoms with Crippen LogP contribution in [0, 0.1) is 5.82 Å². The molecule has 0 radical (unpaired) electrons. The van der Waals surface area contributed by atoms with Gasteiger partial charge < -0.3 is 9.64 Å². The molecule has 1 heterocycles. The highest BCUT2D eigenvalue weighted by Crippen LogP contribution is 2.27. The topological polar surface area (TPSA) is 12.5 Å². The van der Waals surface area contributed by atoms with Crippen LogP contribution in [-0.2, 0) is 13.0 Å². The number of benzene rings is 1. The van der Waals surface area contributed by atoms with Crippen molar-refractivity contribution in [2.45, 2.75) is 13.0 Å². The summed E-state index contributed by atoms with van der Waals surface area (Å²) in [5, 5.41) is 0. The van der Waals surface area contributed by atoms with Crippen molar-refractivity contribution in [2.24, 2.45) is 0 Å². The number of likely N-dealkylation sites (N-methyl/N-ethyl adjacent to an activating group) is 1. The molecule has 0 bridgehead atoms. The minimum Gasteiger partial charge on any atom is -0.494 e. The minimum absolute atomic E-state index is 0.182. The Kier molecular flexibility index (Phi) is 2.42. The zero-order valence-corrected chi connectivity index (χ0v) is 8.51. The summed E-state index contributed by atoms with van der Waals surface area (Å²) >= 11 is 0. The number of rotatable bonds is 1. The van der Waals surface area contributed by atoms with Crippen molar-refractivity contribution in [3.05, 3.63) is 29.1 Å². The second-order valence-corrected chi connectivity index (χ2v) is 3.71. The molecule has 0 atom stereocenters. The van der Waals surface area contributed by atoms with E-state index in [0.29, 0.717) is 5.75 Å². The number of halogens is 1. The smallest absolute Gasteiger partial charge is 0.168 e. The van der Waals surface area contributed by atoms with Crippen LogP contribution in [-0.4, -0.2) is 25.6 Å². The highest BCUT2D eigenvalue weighted by atomic mass is 19.1. The van der Waals surface area contributed by atoms with Gasteiger partial charge in [0.25, 0.3) is 0 Å². The molecule has 2 nitrogen and oxygen atoms in total. The molecule has 1 aromatic rings. The monoisotopic (exact) mass is 195 g/mol. The molecule has 3 heteroatoms. The van der Waals surface area contributed by atoms with E-state index in [-0.39, 0.29) is 5.82 Å². The molecule has 0 N–H and O–H groups in total. The normalized spacial score (nSPS) is 16.5. The lowest BCUT2D eigenvalue weighted by molar-refractivity contribution is 0.305. The zero-order chi connectivity index (χ0) is 10.1. The molecule has 0 spiro atoms. The minimum atomic E-state index is -0.182. The molecule has 14 heavy (non-hydrogen) atoms. The lowest BCUT2D eigenvalue weighted by Crippen LogP contribution is -2.27. The SMILES string of the molecule is COc1ccc2c(c1F)CCN(C)C2. The fourth-order valence-electron chi connectivity index (χ4n) is 1.89. The molecule has 76 valence electrons. The van der Waals surface area contributed by atoms with Crippen LogP contribution in [0.4, 0.5) is 4.39 Å². The third-order valence-corrected chi connectivity index (χ3v) is 2.71. The summed E-state index contributed by atoms with van der Waals surface area (Å²) in [5.74, 6) is 0.173. The van der Waals surface area contributed by atoms with Crippen molar-refractivity contribution < 1.29 is 9.13 Å². The highest BCUT2D eigenvalue weighted by Gasteiger charge is 2.19. The average Bonchev–Trinajstić information content (AvgIpc) is 2.18. The van der Waals surface area contributed by atoms with E-state index in [1.165, 1.54) is 7.11 Å². The van der Waals surface area contributed by atoms with Crippen LogP contribution in [0.1, 0.15) is 11.1 Å². The van der Waals surface area contributed by atoms with Gasteiger partial charge in [0, 0.05) is 13.1 Å². The highest BCUT2D eigenvalue weighted by molar-refractivity contribution is 5.38. The summed E-state index contributed by atoms with van der Waals surface area (Å²) < 4.78 is 18.7. The number of hydrogen-bond acceptors (Lipinski definition) is 2. The second kappa shape index (κ2) is 3.58. The van der Waals surface area contributed by atoms with Gasteiger partial charge in [0.1, 0.15) is 0 Å². The Bertz CT molecular complexity index is 351. The largest absolute Gasteiger partial charge is 0.494 e. The summed E-state index contributed by atoms with van der Waals surface area (Å²) in [6.07, 6.45) is 0.773. The Morgan fingerprint density at radius 2 is 2.21 bits per heavy atom. The molecule has 0 saturated heterocycles. The molecule has 0 unspecified atom stereocenters. The van der Waals surface area contributed by atoms with Crippen molar-refractivity contribution in [1.82, 2.24) is 4.90 Å². The number of ether oxygens (including phenoxy) is 1. The van der Waals surface area contributed by atoms with Gasteiger partial charge in [-0.15, -0.1) is 0 Å². The summed E-state index contributed by atoms with van der Waals surface area (Å²) in [7, 11) is 3.55. The lowest BCUT2D eigenvalue weighted by atomic mass is 9.99. The van der Waals surface area contributed by atoms with Crippen LogP contribution in [0.3, 0.4) is 0 Å². The maximum Gasteiger partial charge on any atom is 0.168 e. The van der Waals surface area contributed by atoms with Crippen LogP contribution in [0.5, 0.6) is 5.75 Å². The van der Waals surface area contributed by atoms with Crippen LogP contribution < -0.4 is 4.74 Å². The molecule has 1 aromatic carbocycles. The number of nitrogens with zero attached hydrogens (tertiary/aromatic N) is 1. The fourth-order valence-corrected chi connectivity index (χ4v) is 1.89. The first kappa shape index (κ1) is 9.46. The fraction of sp³-hybridized carbons (Fsp3) is 0.455. The first-order valence-corrected chi connectivity index (χ1v) is 4.75. The van der Waals surface area contributed by atoms with E-state index >= 15 is 0 Å². The van der Waals surface area contributed by atoms with Crippen molar-refractivity contribution in [3.8, 4) is 5.75 Å². The van der Waals surface area contributed by atoms with Crippen molar-refractivity contribution in [1.29, 1.82) is 0 Å². The number of hydrogen-bond donors (Lipinski definition) is 0. The van der Waals surface area contributed by atoms with E-state index in [9.17, 15) is 4.39 Å². The molecule has 0 saturated carbocycles. The van der Waals surface area contributed by atoms with Gasteiger partial charge in [-0.1, -0.05) is 6.07 Å². The summed E-state index contributed by atoms with van der Waals surface area (Å²) in [5.41, 5.74) is 1.90. The molecule has 0 aromatic heterocycles. The van der Waals surface area contributed by atoms with Gasteiger partial charge in [-0.2, -0.15) is 0 Å². The standard InChI is InChI=1S/C11H14FNO/c1-13-6-5-9-8(7-13)3-4-10(14-2)11(9)12/h3-4H,5-7H2,1-2H3. The third kappa shape index (κ3) is 1.48. The maximum absolute atomic E-state index is 13.7. The molecule has 0 aliphatic carbocycles. The van der Waals surface area contributed by atoms with Gasteiger partial charge >= 0.3 is 0 Å².